The average Bonchev–Trinajstić information content (AvgIpc) is 2.75. The summed E-state index contributed by atoms with van der Waals surface area (Å²) in [4.78, 5) is 0. The van der Waals surface area contributed by atoms with E-state index in [2.05, 4.69) is 0 Å². The molecular weight excluding hydrogens is 332 g/mol. The highest BCUT2D eigenvalue weighted by molar-refractivity contribution is 5.52. The first-order valence-electron chi connectivity index (χ1n) is 8.88. The van der Waals surface area contributed by atoms with Gasteiger partial charge in [-0.05, 0) is 30.3 Å². The van der Waals surface area contributed by atoms with Crippen molar-refractivity contribution in [1.29, 1.82) is 0 Å². The van der Waals surface area contributed by atoms with E-state index in [0.717, 1.165) is 34.5 Å². The van der Waals surface area contributed by atoms with Crippen molar-refractivity contribution in [2.24, 2.45) is 0 Å². The predicted molar refractivity (Wildman–Crippen MR) is 108 cm³/mol. The summed E-state index contributed by atoms with van der Waals surface area (Å²) in [6.45, 7) is 0. The van der Waals surface area contributed by atoms with E-state index < -0.39 is 0 Å². The fourth-order valence-electron chi connectivity index (χ4n) is 2.82. The lowest BCUT2D eigenvalue weighted by atomic mass is 10.0. The minimum atomic E-state index is 0.749. The van der Waals surface area contributed by atoms with Crippen LogP contribution in [0.4, 0.5) is 0 Å². The molecule has 0 fully saturated rings. The lowest BCUT2D eigenvalue weighted by Crippen LogP contribution is -2.11. The van der Waals surface area contributed by atoms with Crippen LogP contribution in [0.3, 0.4) is 0 Å². The molecule has 0 amide bonds. The van der Waals surface area contributed by atoms with Gasteiger partial charge >= 0.3 is 0 Å². The topological polar surface area (TPSA) is 18.5 Å². The molecular formula is C25H19O2. The van der Waals surface area contributed by atoms with Gasteiger partial charge in [0.1, 0.15) is 17.2 Å². The second-order valence-corrected chi connectivity index (χ2v) is 6.02. The number of rotatable bonds is 6. The van der Waals surface area contributed by atoms with Crippen LogP contribution in [-0.2, 0) is 0 Å². The van der Waals surface area contributed by atoms with Crippen LogP contribution >= 0.6 is 0 Å². The normalized spacial score (nSPS) is 10.6. The van der Waals surface area contributed by atoms with Gasteiger partial charge in [-0.1, -0.05) is 84.9 Å². The highest BCUT2D eigenvalue weighted by atomic mass is 16.5. The standard InChI is InChI=1S/C25H19O2/c1-4-12-20(13-5-1)25(27-22-16-8-3-9-17-22)23-18-10-11-19-24(23)26-21-14-6-2-7-15-21/h1-19H. The van der Waals surface area contributed by atoms with Crippen molar-refractivity contribution in [2.45, 2.75) is 0 Å². The van der Waals surface area contributed by atoms with E-state index in [-0.39, 0.29) is 0 Å². The molecule has 0 aliphatic rings. The highest BCUT2D eigenvalue weighted by Gasteiger charge is 2.22. The lowest BCUT2D eigenvalue weighted by Gasteiger charge is -2.21. The molecule has 0 heterocycles. The zero-order valence-corrected chi connectivity index (χ0v) is 14.8. The van der Waals surface area contributed by atoms with Gasteiger partial charge in [-0.3, -0.25) is 0 Å². The summed E-state index contributed by atoms with van der Waals surface area (Å²) in [5.74, 6) is 2.32. The zero-order valence-electron chi connectivity index (χ0n) is 14.8. The quantitative estimate of drug-likeness (QED) is 0.395. The molecule has 0 spiro atoms. The van der Waals surface area contributed by atoms with Crippen LogP contribution < -0.4 is 9.47 Å². The molecule has 0 aliphatic carbocycles. The summed E-state index contributed by atoms with van der Waals surface area (Å²) in [6, 6.07) is 37.6. The Morgan fingerprint density at radius 1 is 0.481 bits per heavy atom. The third-order valence-electron chi connectivity index (χ3n) is 4.10. The number of hydrogen-bond acceptors (Lipinski definition) is 2. The first-order valence-corrected chi connectivity index (χ1v) is 8.88. The van der Waals surface area contributed by atoms with Crippen molar-refractivity contribution in [3.63, 3.8) is 0 Å². The van der Waals surface area contributed by atoms with Crippen molar-refractivity contribution < 1.29 is 9.47 Å². The van der Waals surface area contributed by atoms with Crippen LogP contribution in [0, 0.1) is 6.10 Å². The third-order valence-corrected chi connectivity index (χ3v) is 4.10. The second-order valence-electron chi connectivity index (χ2n) is 6.02. The van der Waals surface area contributed by atoms with E-state index >= 15 is 0 Å². The maximum absolute atomic E-state index is 6.30. The summed E-state index contributed by atoms with van der Waals surface area (Å²) < 4.78 is 12.5. The van der Waals surface area contributed by atoms with Crippen molar-refractivity contribution >= 4 is 0 Å². The van der Waals surface area contributed by atoms with E-state index in [0.29, 0.717) is 0 Å². The Kier molecular flexibility index (Phi) is 5.16. The molecule has 0 unspecified atom stereocenters. The molecule has 0 saturated carbocycles. The number of ether oxygens (including phenoxy) is 2. The summed E-state index contributed by atoms with van der Waals surface area (Å²) in [5.41, 5.74) is 1.89. The Balaban J connectivity index is 1.74. The molecule has 0 N–H and O–H groups in total. The minimum absolute atomic E-state index is 0.749. The minimum Gasteiger partial charge on any atom is -0.473 e. The molecule has 0 aliphatic heterocycles. The molecule has 2 nitrogen and oxygen atoms in total. The summed E-state index contributed by atoms with van der Waals surface area (Å²) in [7, 11) is 0. The van der Waals surface area contributed by atoms with Gasteiger partial charge in [0.05, 0.1) is 0 Å². The Morgan fingerprint density at radius 3 is 1.67 bits per heavy atom. The van der Waals surface area contributed by atoms with Crippen molar-refractivity contribution in [2.75, 3.05) is 0 Å². The van der Waals surface area contributed by atoms with Gasteiger partial charge < -0.3 is 9.47 Å². The Morgan fingerprint density at radius 2 is 1.00 bits per heavy atom. The monoisotopic (exact) mass is 351 g/mol. The number of hydrogen-bond donors (Lipinski definition) is 0. The molecule has 0 atom stereocenters. The van der Waals surface area contributed by atoms with Crippen LogP contribution in [0.1, 0.15) is 11.1 Å². The molecule has 4 rings (SSSR count). The van der Waals surface area contributed by atoms with Crippen LogP contribution in [-0.4, -0.2) is 0 Å². The molecule has 4 aromatic rings. The molecule has 131 valence electrons. The number of benzene rings is 4. The zero-order chi connectivity index (χ0) is 18.3. The van der Waals surface area contributed by atoms with Crippen molar-refractivity contribution in [3.8, 4) is 17.2 Å². The SMILES string of the molecule is c1ccc(O[C](c2ccccc2)c2ccccc2Oc2ccccc2)cc1. The molecule has 0 bridgehead atoms. The molecule has 27 heavy (non-hydrogen) atoms. The first-order chi connectivity index (χ1) is 13.4. The van der Waals surface area contributed by atoms with E-state index in [1.807, 2.05) is 115 Å². The van der Waals surface area contributed by atoms with Crippen molar-refractivity contribution in [1.82, 2.24) is 0 Å². The van der Waals surface area contributed by atoms with E-state index in [4.69, 9.17) is 9.47 Å². The fraction of sp³-hybridized carbons (Fsp3) is 0. The highest BCUT2D eigenvalue weighted by Crippen LogP contribution is 2.35. The summed E-state index contributed by atoms with van der Waals surface area (Å²) >= 11 is 0. The Labute approximate surface area is 159 Å². The maximum atomic E-state index is 6.30. The summed E-state index contributed by atoms with van der Waals surface area (Å²) in [6.07, 6.45) is 0.758. The van der Waals surface area contributed by atoms with Crippen LogP contribution in [0.2, 0.25) is 0 Å². The van der Waals surface area contributed by atoms with Crippen molar-refractivity contribution in [3.05, 3.63) is 132 Å². The van der Waals surface area contributed by atoms with Gasteiger partial charge in [0.25, 0.3) is 0 Å². The summed E-state index contributed by atoms with van der Waals surface area (Å²) in [5, 5.41) is 0. The van der Waals surface area contributed by atoms with Gasteiger partial charge in [-0.15, -0.1) is 0 Å². The number of para-hydroxylation sites is 3. The smallest absolute Gasteiger partial charge is 0.211 e. The molecule has 0 saturated heterocycles. The van der Waals surface area contributed by atoms with Gasteiger partial charge in [-0.2, -0.15) is 0 Å². The molecule has 0 aromatic heterocycles. The third kappa shape index (κ3) is 4.18. The van der Waals surface area contributed by atoms with E-state index in [9.17, 15) is 0 Å². The Bertz CT molecular complexity index is 967. The van der Waals surface area contributed by atoms with Crippen LogP contribution in [0.25, 0.3) is 0 Å². The maximum Gasteiger partial charge on any atom is 0.211 e. The van der Waals surface area contributed by atoms with Gasteiger partial charge in [0, 0.05) is 11.1 Å². The molecule has 1 radical (unpaired) electrons. The van der Waals surface area contributed by atoms with E-state index in [1.165, 1.54) is 0 Å². The van der Waals surface area contributed by atoms with Crippen LogP contribution in [0.15, 0.2) is 115 Å². The van der Waals surface area contributed by atoms with Gasteiger partial charge in [0.2, 0.25) is 6.10 Å². The first kappa shape index (κ1) is 16.9. The fourth-order valence-corrected chi connectivity index (χ4v) is 2.82. The van der Waals surface area contributed by atoms with Gasteiger partial charge in [0.15, 0.2) is 0 Å². The molecule has 4 aromatic carbocycles. The lowest BCUT2D eigenvalue weighted by molar-refractivity contribution is 0.366. The van der Waals surface area contributed by atoms with Crippen LogP contribution in [0.5, 0.6) is 17.2 Å². The molecule has 2 heteroatoms. The average molecular weight is 351 g/mol. The Hall–Kier alpha value is -3.52. The largest absolute Gasteiger partial charge is 0.473 e. The van der Waals surface area contributed by atoms with E-state index in [1.54, 1.807) is 0 Å². The van der Waals surface area contributed by atoms with Gasteiger partial charge in [-0.25, -0.2) is 0 Å². The second kappa shape index (κ2) is 8.24. The predicted octanol–water partition coefficient (Wildman–Crippen LogP) is 6.49.